The Morgan fingerprint density at radius 3 is 2.70 bits per heavy atom. The molecule has 0 saturated carbocycles. The van der Waals surface area contributed by atoms with Crippen molar-refractivity contribution in [1.29, 1.82) is 0 Å². The predicted molar refractivity (Wildman–Crippen MR) is 104 cm³/mol. The summed E-state index contributed by atoms with van der Waals surface area (Å²) >= 11 is 14.9. The lowest BCUT2D eigenvalue weighted by Crippen LogP contribution is -2.40. The molecule has 0 aliphatic carbocycles. The average Bonchev–Trinajstić information content (AvgIpc) is 2.98. The van der Waals surface area contributed by atoms with E-state index in [1.54, 1.807) is 0 Å². The van der Waals surface area contributed by atoms with E-state index in [1.165, 1.54) is 0 Å². The van der Waals surface area contributed by atoms with Gasteiger partial charge in [0, 0.05) is 27.4 Å². The number of halogens is 2. The summed E-state index contributed by atoms with van der Waals surface area (Å²) in [5.41, 5.74) is 1.82. The fraction of sp³-hybridized carbons (Fsp3) is 0.125. The molecule has 0 amide bonds. The Morgan fingerprint density at radius 1 is 1.17 bits per heavy atom. The van der Waals surface area contributed by atoms with Crippen LogP contribution in [-0.4, -0.2) is 29.1 Å². The van der Waals surface area contributed by atoms with Crippen molar-refractivity contribution in [3.05, 3.63) is 58.0 Å². The van der Waals surface area contributed by atoms with E-state index in [-0.39, 0.29) is 0 Å². The minimum Gasteiger partial charge on any atom is -0.332 e. The van der Waals surface area contributed by atoms with Crippen LogP contribution in [0.5, 0.6) is 0 Å². The number of hydrogen-bond donors (Lipinski definition) is 2. The Hall–Kier alpha value is -1.63. The van der Waals surface area contributed by atoms with Gasteiger partial charge in [-0.1, -0.05) is 33.6 Å². The molecule has 0 bridgehead atoms. The van der Waals surface area contributed by atoms with Gasteiger partial charge in [-0.3, -0.25) is 9.89 Å². The van der Waals surface area contributed by atoms with E-state index in [0.29, 0.717) is 16.7 Å². The first-order valence-corrected chi connectivity index (χ1v) is 8.61. The van der Waals surface area contributed by atoms with E-state index in [0.717, 1.165) is 28.4 Å². The molecule has 3 rings (SSSR count). The Bertz CT molecular complexity index is 748. The van der Waals surface area contributed by atoms with Gasteiger partial charge in [0.1, 0.15) is 0 Å². The molecule has 1 aliphatic heterocycles. The first-order valence-electron chi connectivity index (χ1n) is 7.03. The van der Waals surface area contributed by atoms with E-state index >= 15 is 0 Å². The second-order valence-electron chi connectivity index (χ2n) is 4.93. The molecular formula is C16H14BrClN4S. The van der Waals surface area contributed by atoms with Crippen LogP contribution in [0.25, 0.3) is 0 Å². The van der Waals surface area contributed by atoms with Gasteiger partial charge in [0.05, 0.1) is 6.54 Å². The molecule has 118 valence electrons. The lowest BCUT2D eigenvalue weighted by atomic mass is 10.3. The van der Waals surface area contributed by atoms with E-state index < -0.39 is 0 Å². The van der Waals surface area contributed by atoms with Crippen LogP contribution < -0.4 is 10.6 Å². The topological polar surface area (TPSA) is 39.7 Å². The molecule has 4 nitrogen and oxygen atoms in total. The first-order chi connectivity index (χ1) is 11.1. The summed E-state index contributed by atoms with van der Waals surface area (Å²) in [4.78, 5) is 6.42. The number of benzene rings is 2. The summed E-state index contributed by atoms with van der Waals surface area (Å²) in [6, 6.07) is 15.4. The zero-order chi connectivity index (χ0) is 16.2. The highest BCUT2D eigenvalue weighted by Crippen LogP contribution is 2.18. The van der Waals surface area contributed by atoms with E-state index in [9.17, 15) is 0 Å². The normalized spacial score (nSPS) is 13.7. The van der Waals surface area contributed by atoms with Crippen molar-refractivity contribution in [2.45, 2.75) is 0 Å². The maximum atomic E-state index is 6.00. The molecule has 2 aromatic rings. The van der Waals surface area contributed by atoms with Gasteiger partial charge >= 0.3 is 0 Å². The van der Waals surface area contributed by atoms with Crippen LogP contribution >= 0.6 is 39.7 Å². The third-order valence-electron chi connectivity index (χ3n) is 3.26. The van der Waals surface area contributed by atoms with E-state index in [2.05, 4.69) is 31.6 Å². The Labute approximate surface area is 153 Å². The molecule has 0 saturated heterocycles. The average molecular weight is 410 g/mol. The van der Waals surface area contributed by atoms with Gasteiger partial charge in [0.25, 0.3) is 0 Å². The van der Waals surface area contributed by atoms with Crippen molar-refractivity contribution in [2.24, 2.45) is 4.99 Å². The Kier molecular flexibility index (Phi) is 5.15. The van der Waals surface area contributed by atoms with E-state index in [4.69, 9.17) is 23.8 Å². The summed E-state index contributed by atoms with van der Waals surface area (Å²) < 4.78 is 1.03. The maximum absolute atomic E-state index is 6.00. The molecule has 2 aromatic carbocycles. The molecule has 0 aromatic heterocycles. The summed E-state index contributed by atoms with van der Waals surface area (Å²) in [6.45, 7) is 1.45. The number of thiocarbonyl (C=S) groups is 1. The van der Waals surface area contributed by atoms with Crippen LogP contribution in [0, 0.1) is 0 Å². The third-order valence-corrected chi connectivity index (χ3v) is 4.35. The number of guanidine groups is 1. The van der Waals surface area contributed by atoms with Crippen LogP contribution in [0.2, 0.25) is 5.02 Å². The zero-order valence-electron chi connectivity index (χ0n) is 12.1. The Balaban J connectivity index is 1.68. The molecule has 2 N–H and O–H groups in total. The standard InChI is InChI=1S/C16H14BrClN4S/c17-11-4-6-13(7-5-11)20-15-19-8-9-22(15)16(23)21-14-3-1-2-12(18)10-14/h1-7,10H,8-9H2,(H,19,20)(H,21,23). The monoisotopic (exact) mass is 408 g/mol. The van der Waals surface area contributed by atoms with Crippen molar-refractivity contribution in [2.75, 3.05) is 23.7 Å². The highest BCUT2D eigenvalue weighted by atomic mass is 79.9. The highest BCUT2D eigenvalue weighted by molar-refractivity contribution is 9.10. The molecule has 1 heterocycles. The molecule has 1 aliphatic rings. The Morgan fingerprint density at radius 2 is 1.96 bits per heavy atom. The van der Waals surface area contributed by atoms with Gasteiger partial charge < -0.3 is 10.6 Å². The van der Waals surface area contributed by atoms with Crippen LogP contribution in [0.3, 0.4) is 0 Å². The van der Waals surface area contributed by atoms with Crippen LogP contribution in [0.15, 0.2) is 58.0 Å². The summed E-state index contributed by atoms with van der Waals surface area (Å²) in [7, 11) is 0. The number of nitrogens with zero attached hydrogens (tertiary/aromatic N) is 2. The molecule has 0 atom stereocenters. The van der Waals surface area contributed by atoms with E-state index in [1.807, 2.05) is 53.4 Å². The quantitative estimate of drug-likeness (QED) is 0.712. The number of rotatable bonds is 2. The van der Waals surface area contributed by atoms with Crippen molar-refractivity contribution < 1.29 is 0 Å². The molecule has 23 heavy (non-hydrogen) atoms. The molecule has 0 unspecified atom stereocenters. The van der Waals surface area contributed by atoms with Gasteiger partial charge in [0.2, 0.25) is 5.96 Å². The molecule has 0 radical (unpaired) electrons. The smallest absolute Gasteiger partial charge is 0.204 e. The fourth-order valence-electron chi connectivity index (χ4n) is 2.17. The van der Waals surface area contributed by atoms with Crippen LogP contribution in [0.1, 0.15) is 0 Å². The second kappa shape index (κ2) is 7.29. The molecule has 0 fully saturated rings. The summed E-state index contributed by atoms with van der Waals surface area (Å²) in [5, 5.41) is 7.75. The maximum Gasteiger partial charge on any atom is 0.204 e. The number of hydrogen-bond acceptors (Lipinski definition) is 3. The largest absolute Gasteiger partial charge is 0.332 e. The molecule has 0 spiro atoms. The molecule has 7 heteroatoms. The van der Waals surface area contributed by atoms with Gasteiger partial charge in [-0.2, -0.15) is 0 Å². The highest BCUT2D eigenvalue weighted by Gasteiger charge is 2.21. The SMILES string of the molecule is S=C(Nc1cccc(Cl)c1)N1CCN=C1Nc1ccc(Br)cc1. The van der Waals surface area contributed by atoms with Gasteiger partial charge in [-0.15, -0.1) is 0 Å². The lowest BCUT2D eigenvalue weighted by Gasteiger charge is -2.22. The third kappa shape index (κ3) is 4.22. The number of nitrogens with one attached hydrogen (secondary N) is 2. The van der Waals surface area contributed by atoms with Gasteiger partial charge in [-0.05, 0) is 54.7 Å². The van der Waals surface area contributed by atoms with Crippen LogP contribution in [-0.2, 0) is 0 Å². The van der Waals surface area contributed by atoms with Crippen molar-refractivity contribution in [1.82, 2.24) is 4.90 Å². The van der Waals surface area contributed by atoms with Gasteiger partial charge in [0.15, 0.2) is 5.11 Å². The van der Waals surface area contributed by atoms with Crippen molar-refractivity contribution >= 4 is 62.2 Å². The first kappa shape index (κ1) is 16.2. The zero-order valence-corrected chi connectivity index (χ0v) is 15.3. The predicted octanol–water partition coefficient (Wildman–Crippen LogP) is 4.58. The lowest BCUT2D eigenvalue weighted by molar-refractivity contribution is 0.674. The summed E-state index contributed by atoms with van der Waals surface area (Å²) in [6.07, 6.45) is 0. The summed E-state index contributed by atoms with van der Waals surface area (Å²) in [5.74, 6) is 0.742. The number of aliphatic imine (C=N–C) groups is 1. The second-order valence-corrected chi connectivity index (χ2v) is 6.67. The van der Waals surface area contributed by atoms with Gasteiger partial charge in [-0.25, -0.2) is 0 Å². The van der Waals surface area contributed by atoms with Crippen molar-refractivity contribution in [3.63, 3.8) is 0 Å². The fourth-order valence-corrected chi connectivity index (χ4v) is 2.92. The minimum absolute atomic E-state index is 0.591. The van der Waals surface area contributed by atoms with Crippen LogP contribution in [0.4, 0.5) is 11.4 Å². The van der Waals surface area contributed by atoms with Crippen molar-refractivity contribution in [3.8, 4) is 0 Å². The molecular weight excluding hydrogens is 396 g/mol. The minimum atomic E-state index is 0.591. The number of anilines is 2.